The van der Waals surface area contributed by atoms with Gasteiger partial charge in [0.25, 0.3) is 5.91 Å². The highest BCUT2D eigenvalue weighted by Crippen LogP contribution is 2.36. The second-order valence-electron chi connectivity index (χ2n) is 6.80. The molecule has 1 spiro atoms. The van der Waals surface area contributed by atoms with Crippen LogP contribution in [0, 0.1) is 0 Å². The van der Waals surface area contributed by atoms with E-state index in [-0.39, 0.29) is 24.7 Å². The lowest BCUT2D eigenvalue weighted by atomic mass is 9.99. The fourth-order valence-corrected chi connectivity index (χ4v) is 4.48. The van der Waals surface area contributed by atoms with Crippen LogP contribution in [0.1, 0.15) is 12.0 Å². The highest BCUT2D eigenvalue weighted by Gasteiger charge is 2.53. The van der Waals surface area contributed by atoms with Crippen molar-refractivity contribution in [1.29, 1.82) is 0 Å². The molecule has 12 heteroatoms. The van der Waals surface area contributed by atoms with Crippen LogP contribution in [0.4, 0.5) is 23.7 Å². The van der Waals surface area contributed by atoms with Crippen molar-refractivity contribution >= 4 is 35.3 Å². The van der Waals surface area contributed by atoms with Crippen LogP contribution < -0.4 is 15.4 Å². The summed E-state index contributed by atoms with van der Waals surface area (Å²) < 4.78 is 49.4. The number of nitrogens with zero attached hydrogens (tertiary/aromatic N) is 1. The predicted molar refractivity (Wildman–Crippen MR) is 102 cm³/mol. The zero-order chi connectivity index (χ0) is 21.9. The molecule has 1 aromatic carbocycles. The molecule has 0 radical (unpaired) electrons. The van der Waals surface area contributed by atoms with Gasteiger partial charge in [-0.2, -0.15) is 24.9 Å². The maximum Gasteiger partial charge on any atom is 0.416 e. The third kappa shape index (κ3) is 4.64. The summed E-state index contributed by atoms with van der Waals surface area (Å²) >= 11 is 1.52. The summed E-state index contributed by atoms with van der Waals surface area (Å²) in [5.41, 5.74) is -2.20. The minimum absolute atomic E-state index is 0.00858. The van der Waals surface area contributed by atoms with Crippen molar-refractivity contribution in [3.8, 4) is 5.75 Å². The molecule has 4 amide bonds. The van der Waals surface area contributed by atoms with Gasteiger partial charge in [0.2, 0.25) is 5.91 Å². The number of imide groups is 1. The zero-order valence-corrected chi connectivity index (χ0v) is 16.8. The van der Waals surface area contributed by atoms with E-state index in [0.29, 0.717) is 17.9 Å². The summed E-state index contributed by atoms with van der Waals surface area (Å²) in [6, 6.07) is 1.96. The van der Waals surface area contributed by atoms with Gasteiger partial charge in [-0.1, -0.05) is 0 Å². The first-order valence-corrected chi connectivity index (χ1v) is 10.2. The molecule has 2 saturated heterocycles. The van der Waals surface area contributed by atoms with Crippen LogP contribution in [-0.2, 0) is 20.5 Å². The molecule has 3 rings (SSSR count). The number of nitrogens with one attached hydrogen (secondary N) is 2. The summed E-state index contributed by atoms with van der Waals surface area (Å²) in [5.74, 6) is -0.196. The quantitative estimate of drug-likeness (QED) is 0.491. The first kappa shape index (κ1) is 22.2. The van der Waals surface area contributed by atoms with E-state index >= 15 is 0 Å². The number of rotatable bonds is 7. The summed E-state index contributed by atoms with van der Waals surface area (Å²) in [6.45, 7) is -0.375. The normalized spacial score (nSPS) is 21.3. The SMILES string of the molecule is COCCOc1ccc(C(F)(F)F)cc1NC(=O)CN1C(=O)N[C@]2(CCSC2)C1=O. The average molecular weight is 447 g/mol. The van der Waals surface area contributed by atoms with Crippen LogP contribution in [0.25, 0.3) is 0 Å². The van der Waals surface area contributed by atoms with Gasteiger partial charge in [-0.15, -0.1) is 0 Å². The Kier molecular flexibility index (Phi) is 6.46. The third-order valence-corrected chi connectivity index (χ3v) is 5.88. The average Bonchev–Trinajstić information content (AvgIpc) is 3.23. The van der Waals surface area contributed by atoms with Gasteiger partial charge in [0, 0.05) is 12.9 Å². The molecule has 0 saturated carbocycles. The zero-order valence-electron chi connectivity index (χ0n) is 16.0. The van der Waals surface area contributed by atoms with Crippen LogP contribution in [-0.4, -0.2) is 66.7 Å². The second-order valence-corrected chi connectivity index (χ2v) is 7.91. The van der Waals surface area contributed by atoms with Gasteiger partial charge < -0.3 is 20.1 Å². The van der Waals surface area contributed by atoms with E-state index < -0.39 is 41.7 Å². The minimum Gasteiger partial charge on any atom is -0.489 e. The number of halogens is 3. The lowest BCUT2D eigenvalue weighted by Crippen LogP contribution is -2.47. The number of hydrogen-bond acceptors (Lipinski definition) is 6. The number of carbonyl (C=O) groups excluding carboxylic acids is 3. The molecule has 8 nitrogen and oxygen atoms in total. The van der Waals surface area contributed by atoms with Crippen molar-refractivity contribution in [2.75, 3.05) is 43.7 Å². The molecule has 2 aliphatic rings. The van der Waals surface area contributed by atoms with Crippen LogP contribution in [0.15, 0.2) is 18.2 Å². The lowest BCUT2D eigenvalue weighted by molar-refractivity contribution is -0.137. The van der Waals surface area contributed by atoms with Crippen molar-refractivity contribution < 1.29 is 37.0 Å². The number of alkyl halides is 3. The molecular formula is C18H20F3N3O5S. The van der Waals surface area contributed by atoms with E-state index in [2.05, 4.69) is 10.6 Å². The molecule has 1 aromatic rings. The standard InChI is InChI=1S/C18H20F3N3O5S/c1-28-5-6-29-13-3-2-11(18(19,20)21)8-12(13)22-14(25)9-24-15(26)17(23-16(24)27)4-7-30-10-17/h2-3,8H,4-7,9-10H2,1H3,(H,22,25)(H,23,27)/t17-/m0/s1. The Hall–Kier alpha value is -2.47. The number of amides is 4. The van der Waals surface area contributed by atoms with E-state index in [9.17, 15) is 27.6 Å². The number of thioether (sulfide) groups is 1. The monoisotopic (exact) mass is 447 g/mol. The molecular weight excluding hydrogens is 427 g/mol. The number of hydrogen-bond donors (Lipinski definition) is 2. The predicted octanol–water partition coefficient (Wildman–Crippen LogP) is 2.10. The number of methoxy groups -OCH3 is 1. The Morgan fingerprint density at radius 1 is 1.33 bits per heavy atom. The second kappa shape index (κ2) is 8.72. The Balaban J connectivity index is 1.74. The topological polar surface area (TPSA) is 97.0 Å². The Bertz CT molecular complexity index is 843. The van der Waals surface area contributed by atoms with E-state index in [1.54, 1.807) is 0 Å². The number of anilines is 1. The molecule has 0 aliphatic carbocycles. The van der Waals surface area contributed by atoms with Gasteiger partial charge in [-0.05, 0) is 30.4 Å². The maximum atomic E-state index is 13.1. The largest absolute Gasteiger partial charge is 0.489 e. The van der Waals surface area contributed by atoms with Crippen molar-refractivity contribution in [2.45, 2.75) is 18.1 Å². The summed E-state index contributed by atoms with van der Waals surface area (Å²) in [7, 11) is 1.44. The first-order chi connectivity index (χ1) is 14.2. The van der Waals surface area contributed by atoms with E-state index in [1.807, 2.05) is 0 Å². The molecule has 0 aromatic heterocycles. The van der Waals surface area contributed by atoms with Gasteiger partial charge in [0.1, 0.15) is 24.4 Å². The minimum atomic E-state index is -4.62. The fraction of sp³-hybridized carbons (Fsp3) is 0.500. The summed E-state index contributed by atoms with van der Waals surface area (Å²) in [5, 5.41) is 4.94. The van der Waals surface area contributed by atoms with E-state index in [1.165, 1.54) is 18.9 Å². The van der Waals surface area contributed by atoms with Crippen LogP contribution in [0.5, 0.6) is 5.75 Å². The number of carbonyl (C=O) groups is 3. The van der Waals surface area contributed by atoms with E-state index in [4.69, 9.17) is 9.47 Å². The third-order valence-electron chi connectivity index (χ3n) is 4.70. The van der Waals surface area contributed by atoms with Gasteiger partial charge in [-0.3, -0.25) is 14.5 Å². The number of benzene rings is 1. The molecule has 2 fully saturated rings. The van der Waals surface area contributed by atoms with Crippen LogP contribution in [0.2, 0.25) is 0 Å². The Morgan fingerprint density at radius 2 is 2.10 bits per heavy atom. The Labute approximate surface area is 174 Å². The number of ether oxygens (including phenoxy) is 2. The molecule has 2 heterocycles. The first-order valence-electron chi connectivity index (χ1n) is 9.01. The van der Waals surface area contributed by atoms with Crippen molar-refractivity contribution in [3.63, 3.8) is 0 Å². The van der Waals surface area contributed by atoms with Gasteiger partial charge in [-0.25, -0.2) is 4.79 Å². The molecule has 2 N–H and O–H groups in total. The molecule has 1 atom stereocenters. The smallest absolute Gasteiger partial charge is 0.416 e. The van der Waals surface area contributed by atoms with Gasteiger partial charge in [0.05, 0.1) is 17.9 Å². The lowest BCUT2D eigenvalue weighted by Gasteiger charge is -2.19. The highest BCUT2D eigenvalue weighted by molar-refractivity contribution is 7.99. The van der Waals surface area contributed by atoms with Crippen molar-refractivity contribution in [3.05, 3.63) is 23.8 Å². The maximum absolute atomic E-state index is 13.1. The van der Waals surface area contributed by atoms with Gasteiger partial charge in [0.15, 0.2) is 0 Å². The molecule has 2 aliphatic heterocycles. The molecule has 0 unspecified atom stereocenters. The molecule has 164 valence electrons. The van der Waals surface area contributed by atoms with Gasteiger partial charge >= 0.3 is 12.2 Å². The molecule has 30 heavy (non-hydrogen) atoms. The van der Waals surface area contributed by atoms with Crippen molar-refractivity contribution in [2.24, 2.45) is 0 Å². The fourth-order valence-electron chi connectivity index (χ4n) is 3.15. The Morgan fingerprint density at radius 3 is 2.73 bits per heavy atom. The van der Waals surface area contributed by atoms with E-state index in [0.717, 1.165) is 23.1 Å². The van der Waals surface area contributed by atoms with Crippen LogP contribution in [0.3, 0.4) is 0 Å². The highest BCUT2D eigenvalue weighted by atomic mass is 32.2. The number of urea groups is 1. The summed E-state index contributed by atoms with van der Waals surface area (Å²) in [6.07, 6.45) is -4.16. The summed E-state index contributed by atoms with van der Waals surface area (Å²) in [4.78, 5) is 38.0. The molecule has 0 bridgehead atoms. The van der Waals surface area contributed by atoms with Crippen molar-refractivity contribution in [1.82, 2.24) is 10.2 Å². The van der Waals surface area contributed by atoms with Crippen LogP contribution >= 0.6 is 11.8 Å².